The molecule has 1 rings (SSSR count). The van der Waals surface area contributed by atoms with Crippen molar-refractivity contribution < 1.29 is 0 Å². The van der Waals surface area contributed by atoms with Gasteiger partial charge in [0, 0.05) is 31.7 Å². The van der Waals surface area contributed by atoms with E-state index in [0.29, 0.717) is 5.41 Å². The van der Waals surface area contributed by atoms with Crippen LogP contribution in [0.15, 0.2) is 0 Å². The molecule has 0 bridgehead atoms. The minimum absolute atomic E-state index is 0.241. The highest BCUT2D eigenvalue weighted by Gasteiger charge is 2.16. The summed E-state index contributed by atoms with van der Waals surface area (Å²) in [7, 11) is 0. The number of hydrogen-bond acceptors (Lipinski definition) is 3. The van der Waals surface area contributed by atoms with E-state index in [1.165, 1.54) is 58.5 Å². The van der Waals surface area contributed by atoms with Gasteiger partial charge in [-0.3, -0.25) is 0 Å². The smallest absolute Gasteiger partial charge is 0.0110 e. The lowest BCUT2D eigenvalue weighted by Crippen LogP contribution is -2.42. The van der Waals surface area contributed by atoms with Gasteiger partial charge in [-0.2, -0.15) is 0 Å². The van der Waals surface area contributed by atoms with Crippen molar-refractivity contribution in [3.8, 4) is 0 Å². The average molecular weight is 298 g/mol. The van der Waals surface area contributed by atoms with Crippen molar-refractivity contribution in [3.63, 3.8) is 0 Å². The van der Waals surface area contributed by atoms with Gasteiger partial charge in [0.2, 0.25) is 0 Å². The summed E-state index contributed by atoms with van der Waals surface area (Å²) in [6, 6.07) is 0. The average Bonchev–Trinajstić information content (AvgIpc) is 2.52. The standard InChI is InChI=1S/C18H39N3/c1-17(2,3)9-7-11-20-12-8-13-21(16-15-20)14-10-19-18(4,5)6/h19H,7-16H2,1-6H3. The Hall–Kier alpha value is -0.120. The van der Waals surface area contributed by atoms with Crippen molar-refractivity contribution in [2.75, 3.05) is 45.8 Å². The fraction of sp³-hybridized carbons (Fsp3) is 1.00. The van der Waals surface area contributed by atoms with Gasteiger partial charge in [-0.05, 0) is 65.1 Å². The highest BCUT2D eigenvalue weighted by atomic mass is 15.2. The topological polar surface area (TPSA) is 18.5 Å². The molecule has 0 atom stereocenters. The van der Waals surface area contributed by atoms with Crippen LogP contribution in [0.1, 0.15) is 60.8 Å². The molecule has 0 spiro atoms. The van der Waals surface area contributed by atoms with E-state index in [-0.39, 0.29) is 5.54 Å². The van der Waals surface area contributed by atoms with Gasteiger partial charge >= 0.3 is 0 Å². The van der Waals surface area contributed by atoms with Gasteiger partial charge in [0.25, 0.3) is 0 Å². The minimum atomic E-state index is 0.241. The third kappa shape index (κ3) is 10.3. The van der Waals surface area contributed by atoms with Crippen LogP contribution in [0.4, 0.5) is 0 Å². The maximum Gasteiger partial charge on any atom is 0.0110 e. The first-order valence-electron chi connectivity index (χ1n) is 8.85. The molecule has 1 aliphatic rings. The van der Waals surface area contributed by atoms with Crippen molar-refractivity contribution in [1.29, 1.82) is 0 Å². The fourth-order valence-corrected chi connectivity index (χ4v) is 2.89. The molecule has 1 heterocycles. The number of rotatable bonds is 6. The van der Waals surface area contributed by atoms with E-state index in [9.17, 15) is 0 Å². The van der Waals surface area contributed by atoms with Crippen molar-refractivity contribution in [1.82, 2.24) is 15.1 Å². The van der Waals surface area contributed by atoms with Crippen LogP contribution in [0.5, 0.6) is 0 Å². The molecule has 0 aromatic heterocycles. The first-order chi connectivity index (χ1) is 9.66. The molecule has 21 heavy (non-hydrogen) atoms. The molecule has 3 heteroatoms. The molecule has 0 radical (unpaired) electrons. The second-order valence-corrected chi connectivity index (χ2v) is 8.88. The Kier molecular flexibility index (Phi) is 7.66. The molecule has 0 aliphatic carbocycles. The Morgan fingerprint density at radius 3 is 1.90 bits per heavy atom. The Balaban J connectivity index is 2.18. The zero-order chi connectivity index (χ0) is 15.9. The Morgan fingerprint density at radius 1 is 0.810 bits per heavy atom. The summed E-state index contributed by atoms with van der Waals surface area (Å²) >= 11 is 0. The van der Waals surface area contributed by atoms with Gasteiger partial charge in [0.05, 0.1) is 0 Å². The van der Waals surface area contributed by atoms with Crippen LogP contribution in [0.2, 0.25) is 0 Å². The van der Waals surface area contributed by atoms with E-state index in [1.807, 2.05) is 0 Å². The van der Waals surface area contributed by atoms with E-state index >= 15 is 0 Å². The number of hydrogen-bond donors (Lipinski definition) is 1. The monoisotopic (exact) mass is 297 g/mol. The summed E-state index contributed by atoms with van der Waals surface area (Å²) in [5.74, 6) is 0. The number of nitrogens with one attached hydrogen (secondary N) is 1. The Labute approximate surface area is 133 Å². The fourth-order valence-electron chi connectivity index (χ4n) is 2.89. The second-order valence-electron chi connectivity index (χ2n) is 8.88. The predicted molar refractivity (Wildman–Crippen MR) is 93.9 cm³/mol. The second kappa shape index (κ2) is 8.50. The minimum Gasteiger partial charge on any atom is -0.311 e. The maximum absolute atomic E-state index is 3.60. The lowest BCUT2D eigenvalue weighted by molar-refractivity contribution is 0.238. The van der Waals surface area contributed by atoms with E-state index in [4.69, 9.17) is 0 Å². The summed E-state index contributed by atoms with van der Waals surface area (Å²) in [6.45, 7) is 22.4. The van der Waals surface area contributed by atoms with E-state index in [1.54, 1.807) is 0 Å². The largest absolute Gasteiger partial charge is 0.311 e. The van der Waals surface area contributed by atoms with Crippen LogP contribution in [0.25, 0.3) is 0 Å². The van der Waals surface area contributed by atoms with Crippen molar-refractivity contribution >= 4 is 0 Å². The summed E-state index contributed by atoms with van der Waals surface area (Å²) in [5.41, 5.74) is 0.724. The normalized spacial score (nSPS) is 19.7. The van der Waals surface area contributed by atoms with Crippen LogP contribution < -0.4 is 5.32 Å². The van der Waals surface area contributed by atoms with Gasteiger partial charge in [-0.25, -0.2) is 0 Å². The molecule has 126 valence electrons. The molecule has 0 aromatic carbocycles. The van der Waals surface area contributed by atoms with Gasteiger partial charge in [-0.15, -0.1) is 0 Å². The SMILES string of the molecule is CC(C)(C)CCCN1CCCN(CCNC(C)(C)C)CC1. The van der Waals surface area contributed by atoms with E-state index < -0.39 is 0 Å². The summed E-state index contributed by atoms with van der Waals surface area (Å²) in [6.07, 6.45) is 4.00. The lowest BCUT2D eigenvalue weighted by atomic mass is 9.90. The highest BCUT2D eigenvalue weighted by Crippen LogP contribution is 2.20. The van der Waals surface area contributed by atoms with Gasteiger partial charge in [0.1, 0.15) is 0 Å². The maximum atomic E-state index is 3.60. The first-order valence-corrected chi connectivity index (χ1v) is 8.85. The van der Waals surface area contributed by atoms with Gasteiger partial charge < -0.3 is 15.1 Å². The zero-order valence-corrected chi connectivity index (χ0v) is 15.5. The van der Waals surface area contributed by atoms with Crippen molar-refractivity contribution in [2.45, 2.75) is 66.3 Å². The highest BCUT2D eigenvalue weighted by molar-refractivity contribution is 4.74. The van der Waals surface area contributed by atoms with Crippen LogP contribution in [-0.2, 0) is 0 Å². The Bertz CT molecular complexity index is 247. The summed E-state index contributed by atoms with van der Waals surface area (Å²) < 4.78 is 0. The molecule has 3 nitrogen and oxygen atoms in total. The molecule has 0 aromatic rings. The summed E-state index contributed by atoms with van der Waals surface area (Å²) in [4.78, 5) is 5.30. The quantitative estimate of drug-likeness (QED) is 0.812. The molecule has 0 unspecified atom stereocenters. The van der Waals surface area contributed by atoms with Crippen molar-refractivity contribution in [3.05, 3.63) is 0 Å². The third-order valence-corrected chi connectivity index (χ3v) is 4.17. The third-order valence-electron chi connectivity index (χ3n) is 4.17. The molecule has 1 fully saturated rings. The Morgan fingerprint density at radius 2 is 1.38 bits per heavy atom. The first kappa shape index (κ1) is 18.9. The van der Waals surface area contributed by atoms with Crippen LogP contribution in [0, 0.1) is 5.41 Å². The number of nitrogens with zero attached hydrogens (tertiary/aromatic N) is 2. The molecule has 1 aliphatic heterocycles. The molecule has 1 N–H and O–H groups in total. The zero-order valence-electron chi connectivity index (χ0n) is 15.5. The summed E-state index contributed by atoms with van der Waals surface area (Å²) in [5, 5.41) is 3.60. The lowest BCUT2D eigenvalue weighted by Gasteiger charge is -2.25. The van der Waals surface area contributed by atoms with Crippen molar-refractivity contribution in [2.24, 2.45) is 5.41 Å². The van der Waals surface area contributed by atoms with Gasteiger partial charge in [0.15, 0.2) is 0 Å². The van der Waals surface area contributed by atoms with Crippen LogP contribution >= 0.6 is 0 Å². The van der Waals surface area contributed by atoms with E-state index in [0.717, 1.165) is 6.54 Å². The predicted octanol–water partition coefficient (Wildman–Crippen LogP) is 3.21. The molecule has 0 amide bonds. The van der Waals surface area contributed by atoms with E-state index in [2.05, 4.69) is 56.7 Å². The molecule has 1 saturated heterocycles. The van der Waals surface area contributed by atoms with Crippen LogP contribution in [-0.4, -0.2) is 61.2 Å². The molecular formula is C18H39N3. The van der Waals surface area contributed by atoms with Crippen LogP contribution in [0.3, 0.4) is 0 Å². The molecular weight excluding hydrogens is 258 g/mol. The van der Waals surface area contributed by atoms with Gasteiger partial charge in [-0.1, -0.05) is 20.8 Å². The molecule has 0 saturated carbocycles.